The molecule has 0 amide bonds. The second-order valence-corrected chi connectivity index (χ2v) is 10.7. The molecule has 9 heteroatoms. The monoisotopic (exact) mass is 586 g/mol. The van der Waals surface area contributed by atoms with Crippen LogP contribution in [0.3, 0.4) is 0 Å². The van der Waals surface area contributed by atoms with E-state index >= 15 is 0 Å². The zero-order valence-corrected chi connectivity index (χ0v) is 25.5. The number of aromatic nitrogens is 4. The largest absolute Gasteiger partial charge is 0.488 e. The van der Waals surface area contributed by atoms with Crippen molar-refractivity contribution in [3.8, 4) is 22.5 Å². The van der Waals surface area contributed by atoms with Crippen molar-refractivity contribution in [2.75, 3.05) is 0 Å². The molecular formula is C32H33BCl2N4O2. The molecular weight excluding hydrogens is 554 g/mol. The minimum Gasteiger partial charge on any atom is -0.423 e. The van der Waals surface area contributed by atoms with Crippen LogP contribution in [-0.4, -0.2) is 37.1 Å². The first kappa shape index (κ1) is 31.9. The summed E-state index contributed by atoms with van der Waals surface area (Å²) in [5.41, 5.74) is 11.8. The number of rotatable bonds is 3. The topological polar surface area (TPSA) is 92.0 Å². The van der Waals surface area contributed by atoms with Crippen molar-refractivity contribution < 1.29 is 10.0 Å². The Morgan fingerprint density at radius 1 is 0.463 bits per heavy atom. The maximum atomic E-state index is 8.83. The van der Waals surface area contributed by atoms with Gasteiger partial charge in [0.15, 0.2) is 10.3 Å². The average molecular weight is 587 g/mol. The molecule has 0 radical (unpaired) electrons. The fourth-order valence-electron chi connectivity index (χ4n) is 4.45. The highest BCUT2D eigenvalue weighted by atomic mass is 35.5. The van der Waals surface area contributed by atoms with E-state index in [1.54, 1.807) is 24.5 Å². The lowest BCUT2D eigenvalue weighted by atomic mass is 9.79. The van der Waals surface area contributed by atoms with Crippen LogP contribution in [0.25, 0.3) is 22.5 Å². The molecule has 0 unspecified atom stereocenters. The summed E-state index contributed by atoms with van der Waals surface area (Å²) >= 11 is 10.8. The molecule has 0 spiro atoms. The van der Waals surface area contributed by atoms with Crippen LogP contribution in [0.1, 0.15) is 33.4 Å². The van der Waals surface area contributed by atoms with Gasteiger partial charge >= 0.3 is 7.12 Å². The first-order valence-corrected chi connectivity index (χ1v) is 13.7. The van der Waals surface area contributed by atoms with Gasteiger partial charge in [-0.2, -0.15) is 0 Å². The molecule has 0 aliphatic rings. The van der Waals surface area contributed by atoms with Gasteiger partial charge < -0.3 is 10.0 Å². The van der Waals surface area contributed by atoms with E-state index in [9.17, 15) is 0 Å². The third kappa shape index (κ3) is 9.76. The maximum Gasteiger partial charge on any atom is 0.488 e. The van der Waals surface area contributed by atoms with Crippen LogP contribution in [0.5, 0.6) is 0 Å². The minimum atomic E-state index is -1.35. The Hall–Kier alpha value is -3.62. The van der Waals surface area contributed by atoms with E-state index in [0.29, 0.717) is 5.46 Å². The molecule has 41 heavy (non-hydrogen) atoms. The summed E-state index contributed by atoms with van der Waals surface area (Å²) in [5, 5.41) is 18.1. The van der Waals surface area contributed by atoms with Gasteiger partial charge in [0.1, 0.15) is 0 Å². The summed E-state index contributed by atoms with van der Waals surface area (Å²) in [4.78, 5) is 16.5. The van der Waals surface area contributed by atoms with Gasteiger partial charge in [0.25, 0.3) is 0 Å². The zero-order valence-electron chi connectivity index (χ0n) is 24.0. The molecule has 0 saturated carbocycles. The van der Waals surface area contributed by atoms with E-state index in [1.165, 1.54) is 34.6 Å². The van der Waals surface area contributed by atoms with Crippen LogP contribution in [0.15, 0.2) is 79.4 Å². The third-order valence-electron chi connectivity index (χ3n) is 5.84. The molecule has 5 rings (SSSR count). The number of hydrogen-bond acceptors (Lipinski definition) is 6. The van der Waals surface area contributed by atoms with Crippen LogP contribution in [0.4, 0.5) is 0 Å². The highest BCUT2D eigenvalue weighted by Crippen LogP contribution is 2.30. The van der Waals surface area contributed by atoms with E-state index in [2.05, 4.69) is 84.0 Å². The van der Waals surface area contributed by atoms with Gasteiger partial charge in [0.2, 0.25) is 0 Å². The molecule has 0 aliphatic heterocycles. The lowest BCUT2D eigenvalue weighted by molar-refractivity contribution is 0.425. The van der Waals surface area contributed by atoms with Gasteiger partial charge in [-0.15, -0.1) is 0 Å². The van der Waals surface area contributed by atoms with Crippen molar-refractivity contribution in [2.24, 2.45) is 0 Å². The Kier molecular flexibility index (Phi) is 11.6. The van der Waals surface area contributed by atoms with Crippen molar-refractivity contribution in [3.05, 3.63) is 123 Å². The quantitative estimate of drug-likeness (QED) is 0.226. The molecule has 6 nitrogen and oxygen atoms in total. The Balaban J connectivity index is 0.000000201. The third-order valence-corrected chi connectivity index (χ3v) is 6.49. The minimum absolute atomic E-state index is 0.245. The van der Waals surface area contributed by atoms with Gasteiger partial charge in [0, 0.05) is 35.9 Å². The van der Waals surface area contributed by atoms with Gasteiger partial charge in [-0.3, -0.25) is 9.97 Å². The van der Waals surface area contributed by atoms with E-state index in [-0.39, 0.29) is 10.3 Å². The Morgan fingerprint density at radius 2 is 0.756 bits per heavy atom. The van der Waals surface area contributed by atoms with Crippen molar-refractivity contribution >= 4 is 35.8 Å². The summed E-state index contributed by atoms with van der Waals surface area (Å²) in [6.07, 6.45) is 6.49. The van der Waals surface area contributed by atoms with Crippen LogP contribution in [0.2, 0.25) is 10.3 Å². The second-order valence-electron chi connectivity index (χ2n) is 9.94. The molecule has 3 aromatic carbocycles. The summed E-state index contributed by atoms with van der Waals surface area (Å²) in [6, 6.07) is 18.5. The molecule has 2 N–H and O–H groups in total. The first-order valence-electron chi connectivity index (χ1n) is 13.0. The molecule has 0 fully saturated rings. The van der Waals surface area contributed by atoms with Gasteiger partial charge in [-0.25, -0.2) is 9.97 Å². The smallest absolute Gasteiger partial charge is 0.423 e. The van der Waals surface area contributed by atoms with Gasteiger partial charge in [-0.1, -0.05) is 86.9 Å². The molecule has 0 bridgehead atoms. The SMILES string of the molecule is Cc1cc(C)cc(-c2nccnc2-c2cc(C)cc(C)c2)c1.Cc1cc(C)cc(B(O)O)c1.Clc1nccnc1Cl. The van der Waals surface area contributed by atoms with E-state index in [0.717, 1.165) is 33.6 Å². The average Bonchev–Trinajstić information content (AvgIpc) is 2.89. The number of benzene rings is 3. The van der Waals surface area contributed by atoms with Crippen molar-refractivity contribution in [3.63, 3.8) is 0 Å². The standard InChI is InChI=1S/C20H20N2.C8H11BO2.C4H2Cl2N2/c1-13-7-14(2)10-17(9-13)19-20(22-6-5-21-19)18-11-15(3)8-16(4)12-18;1-6-3-7(2)5-8(4-6)9(10)11;5-3-4(6)8-2-1-7-3/h5-12H,1-4H3;3-5,10-11H,1-2H3;1-2H. The van der Waals surface area contributed by atoms with E-state index in [1.807, 2.05) is 19.9 Å². The van der Waals surface area contributed by atoms with Crippen LogP contribution in [0, 0.1) is 41.5 Å². The highest BCUT2D eigenvalue weighted by Gasteiger charge is 2.12. The lowest BCUT2D eigenvalue weighted by Crippen LogP contribution is -2.30. The number of nitrogens with zero attached hydrogens (tertiary/aromatic N) is 4. The number of halogens is 2. The summed E-state index contributed by atoms with van der Waals surface area (Å²) < 4.78 is 0. The van der Waals surface area contributed by atoms with Crippen molar-refractivity contribution in [2.45, 2.75) is 41.5 Å². The Labute approximate surface area is 252 Å². The zero-order chi connectivity index (χ0) is 30.1. The first-order chi connectivity index (χ1) is 19.4. The maximum absolute atomic E-state index is 8.83. The number of hydrogen-bond donors (Lipinski definition) is 2. The fourth-order valence-corrected chi connectivity index (χ4v) is 4.66. The van der Waals surface area contributed by atoms with Gasteiger partial charge in [0.05, 0.1) is 11.4 Å². The molecule has 0 atom stereocenters. The predicted molar refractivity (Wildman–Crippen MR) is 170 cm³/mol. The molecule has 0 saturated heterocycles. The fraction of sp³-hybridized carbons (Fsp3) is 0.188. The van der Waals surface area contributed by atoms with E-state index in [4.69, 9.17) is 33.2 Å². The lowest BCUT2D eigenvalue weighted by Gasteiger charge is -2.11. The summed E-state index contributed by atoms with van der Waals surface area (Å²) in [7, 11) is -1.35. The summed E-state index contributed by atoms with van der Waals surface area (Å²) in [6.45, 7) is 12.3. The Bertz CT molecular complexity index is 1480. The summed E-state index contributed by atoms with van der Waals surface area (Å²) in [5.74, 6) is 0. The highest BCUT2D eigenvalue weighted by molar-refractivity contribution is 6.58. The molecule has 5 aromatic rings. The second kappa shape index (κ2) is 14.9. The van der Waals surface area contributed by atoms with Gasteiger partial charge in [-0.05, 0) is 71.3 Å². The van der Waals surface area contributed by atoms with Crippen molar-refractivity contribution in [1.29, 1.82) is 0 Å². The van der Waals surface area contributed by atoms with Crippen LogP contribution in [-0.2, 0) is 0 Å². The van der Waals surface area contributed by atoms with E-state index < -0.39 is 7.12 Å². The van der Waals surface area contributed by atoms with Crippen molar-refractivity contribution in [1.82, 2.24) is 19.9 Å². The molecule has 2 heterocycles. The Morgan fingerprint density at radius 3 is 1.05 bits per heavy atom. The molecule has 2 aromatic heterocycles. The normalized spacial score (nSPS) is 10.2. The molecule has 0 aliphatic carbocycles. The predicted octanol–water partition coefficient (Wildman–Crippen LogP) is 6.81. The number of aryl methyl sites for hydroxylation is 6. The van der Waals surface area contributed by atoms with Crippen LogP contribution < -0.4 is 5.46 Å². The molecule has 210 valence electrons. The van der Waals surface area contributed by atoms with Crippen LogP contribution >= 0.6 is 23.2 Å².